The van der Waals surface area contributed by atoms with Gasteiger partial charge in [-0.05, 0) is 44.9 Å². The maximum absolute atomic E-state index is 13.8. The van der Waals surface area contributed by atoms with E-state index < -0.39 is 10.0 Å². The number of hydrogen-bond acceptors (Lipinski definition) is 6. The molecule has 3 aromatic rings. The van der Waals surface area contributed by atoms with Crippen molar-refractivity contribution in [2.45, 2.75) is 45.3 Å². The van der Waals surface area contributed by atoms with Crippen LogP contribution in [0.25, 0.3) is 11.1 Å². The van der Waals surface area contributed by atoms with Gasteiger partial charge in [0.15, 0.2) is 5.82 Å². The third-order valence-electron chi connectivity index (χ3n) is 4.95. The molecule has 0 aliphatic heterocycles. The van der Waals surface area contributed by atoms with Crippen molar-refractivity contribution < 1.29 is 22.4 Å². The zero-order valence-corrected chi connectivity index (χ0v) is 19.3. The molecule has 0 saturated carbocycles. The third kappa shape index (κ3) is 4.81. The van der Waals surface area contributed by atoms with Gasteiger partial charge >= 0.3 is 0 Å². The monoisotopic (exact) mass is 444 g/mol. The molecule has 0 aliphatic carbocycles. The first-order valence-corrected chi connectivity index (χ1v) is 11.4. The normalized spacial score (nSPS) is 11.8. The quantitative estimate of drug-likeness (QED) is 0.446. The van der Waals surface area contributed by atoms with E-state index in [-0.39, 0.29) is 23.5 Å². The van der Waals surface area contributed by atoms with Crippen LogP contribution in [-0.4, -0.2) is 33.5 Å². The predicted octanol–water partition coefficient (Wildman–Crippen LogP) is 4.68. The van der Waals surface area contributed by atoms with E-state index in [0.29, 0.717) is 23.5 Å². The Morgan fingerprint density at radius 3 is 2.29 bits per heavy atom. The molecule has 0 aliphatic rings. The van der Waals surface area contributed by atoms with Gasteiger partial charge in [-0.2, -0.15) is 0 Å². The molecule has 7 nitrogen and oxygen atoms in total. The Morgan fingerprint density at radius 1 is 1.03 bits per heavy atom. The van der Waals surface area contributed by atoms with Crippen LogP contribution in [0.1, 0.15) is 30.7 Å². The lowest BCUT2D eigenvalue weighted by Crippen LogP contribution is -2.34. The van der Waals surface area contributed by atoms with Crippen molar-refractivity contribution in [3.05, 3.63) is 65.4 Å². The number of ether oxygens (including phenoxy) is 2. The second-order valence-corrected chi connectivity index (χ2v) is 9.30. The van der Waals surface area contributed by atoms with Crippen LogP contribution in [-0.2, 0) is 26.1 Å². The van der Waals surface area contributed by atoms with Gasteiger partial charge in [0.25, 0.3) is 10.0 Å². The molecule has 0 bridgehead atoms. The highest BCUT2D eigenvalue weighted by atomic mass is 32.2. The van der Waals surface area contributed by atoms with Gasteiger partial charge in [-0.1, -0.05) is 47.6 Å². The highest BCUT2D eigenvalue weighted by molar-refractivity contribution is 7.93. The van der Waals surface area contributed by atoms with Crippen LogP contribution in [0.2, 0.25) is 0 Å². The molecular weight excluding hydrogens is 416 g/mol. The van der Waals surface area contributed by atoms with E-state index in [0.717, 1.165) is 15.4 Å². The number of anilines is 1. The van der Waals surface area contributed by atoms with E-state index in [1.807, 2.05) is 44.2 Å². The fourth-order valence-corrected chi connectivity index (χ4v) is 4.78. The SMILES string of the molecule is COCN(c1noc(C)c1C)S(=O)(=O)c1ccccc1-c1ccccc1COC(C)C. The van der Waals surface area contributed by atoms with Crippen LogP contribution >= 0.6 is 0 Å². The van der Waals surface area contributed by atoms with Gasteiger partial charge in [0.2, 0.25) is 0 Å². The molecule has 0 amide bonds. The Morgan fingerprint density at radius 2 is 1.68 bits per heavy atom. The molecule has 0 unspecified atom stereocenters. The van der Waals surface area contributed by atoms with Crippen molar-refractivity contribution >= 4 is 15.8 Å². The smallest absolute Gasteiger partial charge is 0.268 e. The summed E-state index contributed by atoms with van der Waals surface area (Å²) in [6, 6.07) is 14.6. The van der Waals surface area contributed by atoms with Gasteiger partial charge in [0.1, 0.15) is 12.5 Å². The lowest BCUT2D eigenvalue weighted by Gasteiger charge is -2.23. The largest absolute Gasteiger partial charge is 0.374 e. The maximum Gasteiger partial charge on any atom is 0.268 e. The van der Waals surface area contributed by atoms with Crippen molar-refractivity contribution in [3.63, 3.8) is 0 Å². The summed E-state index contributed by atoms with van der Waals surface area (Å²) in [5, 5.41) is 3.97. The van der Waals surface area contributed by atoms with Crippen molar-refractivity contribution in [1.29, 1.82) is 0 Å². The van der Waals surface area contributed by atoms with Crippen LogP contribution in [0, 0.1) is 13.8 Å². The summed E-state index contributed by atoms with van der Waals surface area (Å²) < 4.78 is 44.9. The van der Waals surface area contributed by atoms with E-state index in [9.17, 15) is 8.42 Å². The second-order valence-electron chi connectivity index (χ2n) is 7.47. The van der Waals surface area contributed by atoms with Gasteiger partial charge in [-0.25, -0.2) is 12.7 Å². The van der Waals surface area contributed by atoms with E-state index in [4.69, 9.17) is 14.0 Å². The summed E-state index contributed by atoms with van der Waals surface area (Å²) >= 11 is 0. The molecule has 166 valence electrons. The summed E-state index contributed by atoms with van der Waals surface area (Å²) in [5.41, 5.74) is 2.94. The fourth-order valence-electron chi connectivity index (χ4n) is 3.20. The fraction of sp³-hybridized carbons (Fsp3) is 0.348. The zero-order chi connectivity index (χ0) is 22.6. The summed E-state index contributed by atoms with van der Waals surface area (Å²) in [6.07, 6.45) is 0.0580. The molecule has 0 radical (unpaired) electrons. The number of rotatable bonds is 9. The molecule has 8 heteroatoms. The molecule has 0 saturated heterocycles. The maximum atomic E-state index is 13.8. The molecule has 3 rings (SSSR count). The first-order valence-electron chi connectivity index (χ1n) is 10.0. The number of sulfonamides is 1. The molecule has 0 spiro atoms. The highest BCUT2D eigenvalue weighted by Gasteiger charge is 2.31. The van der Waals surface area contributed by atoms with Gasteiger partial charge in [0.05, 0.1) is 17.6 Å². The molecule has 0 atom stereocenters. The topological polar surface area (TPSA) is 81.9 Å². The molecule has 1 aromatic heterocycles. The van der Waals surface area contributed by atoms with E-state index in [1.54, 1.807) is 32.0 Å². The number of aromatic nitrogens is 1. The van der Waals surface area contributed by atoms with Crippen LogP contribution in [0.15, 0.2) is 57.9 Å². The predicted molar refractivity (Wildman–Crippen MR) is 119 cm³/mol. The van der Waals surface area contributed by atoms with Crippen molar-refractivity contribution in [2.75, 3.05) is 18.1 Å². The summed E-state index contributed by atoms with van der Waals surface area (Å²) in [6.45, 7) is 7.62. The highest BCUT2D eigenvalue weighted by Crippen LogP contribution is 2.34. The van der Waals surface area contributed by atoms with E-state index >= 15 is 0 Å². The van der Waals surface area contributed by atoms with Crippen molar-refractivity contribution in [1.82, 2.24) is 5.16 Å². The molecule has 31 heavy (non-hydrogen) atoms. The van der Waals surface area contributed by atoms with Gasteiger partial charge < -0.3 is 14.0 Å². The Labute approximate surface area is 183 Å². The third-order valence-corrected chi connectivity index (χ3v) is 6.72. The minimum Gasteiger partial charge on any atom is -0.374 e. The first-order chi connectivity index (χ1) is 14.8. The average molecular weight is 445 g/mol. The van der Waals surface area contributed by atoms with Crippen LogP contribution in [0.4, 0.5) is 5.82 Å². The van der Waals surface area contributed by atoms with E-state index in [1.165, 1.54) is 7.11 Å². The summed E-state index contributed by atoms with van der Waals surface area (Å²) in [7, 11) is -2.57. The zero-order valence-electron chi connectivity index (χ0n) is 18.5. The Kier molecular flexibility index (Phi) is 7.15. The van der Waals surface area contributed by atoms with Gasteiger partial charge in [-0.15, -0.1) is 0 Å². The standard InChI is InChI=1S/C23H28N2O5S/c1-16(2)29-14-19-10-6-7-11-20(19)21-12-8-9-13-22(21)31(26,27)25(15-28-5)23-17(3)18(4)30-24-23/h6-13,16H,14-15H2,1-5H3. The van der Waals surface area contributed by atoms with Crippen LogP contribution in [0.3, 0.4) is 0 Å². The molecule has 1 heterocycles. The van der Waals surface area contributed by atoms with E-state index in [2.05, 4.69) is 5.16 Å². The number of aryl methyl sites for hydroxylation is 1. The Balaban J connectivity index is 2.14. The van der Waals surface area contributed by atoms with Gasteiger partial charge in [0, 0.05) is 18.2 Å². The second kappa shape index (κ2) is 9.64. The Bertz CT molecular complexity index is 1140. The van der Waals surface area contributed by atoms with Crippen LogP contribution in [0.5, 0.6) is 0 Å². The molecule has 0 N–H and O–H groups in total. The number of nitrogens with zero attached hydrogens (tertiary/aromatic N) is 2. The Hall–Kier alpha value is -2.68. The van der Waals surface area contributed by atoms with Crippen molar-refractivity contribution in [2.24, 2.45) is 0 Å². The number of hydrogen-bond donors (Lipinski definition) is 0. The van der Waals surface area contributed by atoms with Crippen molar-refractivity contribution in [3.8, 4) is 11.1 Å². The van der Waals surface area contributed by atoms with Gasteiger partial charge in [-0.3, -0.25) is 0 Å². The lowest BCUT2D eigenvalue weighted by molar-refractivity contribution is 0.0660. The summed E-state index contributed by atoms with van der Waals surface area (Å²) in [5.74, 6) is 0.765. The average Bonchev–Trinajstić information content (AvgIpc) is 3.08. The molecular formula is C23H28N2O5S. The summed E-state index contributed by atoms with van der Waals surface area (Å²) in [4.78, 5) is 0.157. The minimum atomic E-state index is -4.01. The van der Waals surface area contributed by atoms with Crippen LogP contribution < -0.4 is 4.31 Å². The first kappa shape index (κ1) is 23.0. The lowest BCUT2D eigenvalue weighted by atomic mass is 10.00. The number of methoxy groups -OCH3 is 1. The molecule has 2 aromatic carbocycles. The number of benzene rings is 2. The molecule has 0 fully saturated rings. The minimum absolute atomic E-state index is 0.0580.